The van der Waals surface area contributed by atoms with Crippen LogP contribution in [0.5, 0.6) is 5.75 Å². The van der Waals surface area contributed by atoms with E-state index in [1.54, 1.807) is 11.8 Å². The predicted octanol–water partition coefficient (Wildman–Crippen LogP) is 4.46. The van der Waals surface area contributed by atoms with E-state index in [0.717, 1.165) is 23.5 Å². The average Bonchev–Trinajstić information content (AvgIpc) is 2.61. The highest BCUT2D eigenvalue weighted by Crippen LogP contribution is 2.19. The number of thioether (sulfide) groups is 1. The second-order valence-electron chi connectivity index (χ2n) is 5.90. The summed E-state index contributed by atoms with van der Waals surface area (Å²) >= 11 is 1.80. The zero-order valence-corrected chi connectivity index (χ0v) is 15.6. The number of urea groups is 1. The second kappa shape index (κ2) is 10.7. The molecule has 5 heteroatoms. The third kappa shape index (κ3) is 7.52. The topological polar surface area (TPSA) is 50.4 Å². The number of hydrogen-bond acceptors (Lipinski definition) is 3. The number of ether oxygens (including phenoxy) is 1. The van der Waals surface area contributed by atoms with Crippen molar-refractivity contribution < 1.29 is 9.53 Å². The molecule has 25 heavy (non-hydrogen) atoms. The van der Waals surface area contributed by atoms with Gasteiger partial charge in [-0.3, -0.25) is 0 Å². The normalized spacial score (nSPS) is 10.5. The van der Waals surface area contributed by atoms with Gasteiger partial charge in [-0.05, 0) is 44.2 Å². The molecule has 0 aliphatic heterocycles. The molecule has 0 saturated carbocycles. The Balaban J connectivity index is 1.64. The summed E-state index contributed by atoms with van der Waals surface area (Å²) in [6.07, 6.45) is 1.04. The molecule has 2 N–H and O–H groups in total. The maximum absolute atomic E-state index is 11.9. The number of nitrogens with one attached hydrogen (secondary N) is 2. The van der Waals surface area contributed by atoms with Gasteiger partial charge in [-0.1, -0.05) is 36.4 Å². The van der Waals surface area contributed by atoms with Crippen LogP contribution in [0.3, 0.4) is 0 Å². The maximum Gasteiger partial charge on any atom is 0.315 e. The Labute approximate surface area is 154 Å². The van der Waals surface area contributed by atoms with E-state index in [1.165, 1.54) is 4.90 Å². The molecular weight excluding hydrogens is 332 g/mol. The minimum Gasteiger partial charge on any atom is -0.491 e. The lowest BCUT2D eigenvalue weighted by atomic mass is 10.2. The first-order valence-electron chi connectivity index (χ1n) is 8.59. The molecule has 0 radical (unpaired) electrons. The summed E-state index contributed by atoms with van der Waals surface area (Å²) in [7, 11) is 0. The molecule has 0 fully saturated rings. The van der Waals surface area contributed by atoms with E-state index in [9.17, 15) is 4.79 Å². The number of benzene rings is 2. The minimum atomic E-state index is -0.149. The molecule has 0 unspecified atom stereocenters. The van der Waals surface area contributed by atoms with Crippen molar-refractivity contribution in [3.8, 4) is 5.75 Å². The Morgan fingerprint density at radius 1 is 1.04 bits per heavy atom. The summed E-state index contributed by atoms with van der Waals surface area (Å²) in [6.45, 7) is 5.10. The van der Waals surface area contributed by atoms with Gasteiger partial charge in [0.2, 0.25) is 0 Å². The highest BCUT2D eigenvalue weighted by Gasteiger charge is 2.06. The van der Waals surface area contributed by atoms with Gasteiger partial charge >= 0.3 is 6.03 Å². The molecule has 2 aromatic rings. The third-order valence-corrected chi connectivity index (χ3v) is 4.49. The van der Waals surface area contributed by atoms with Crippen LogP contribution in [0.1, 0.15) is 25.8 Å². The summed E-state index contributed by atoms with van der Waals surface area (Å²) in [4.78, 5) is 13.2. The molecule has 0 heterocycles. The molecule has 2 rings (SSSR count). The van der Waals surface area contributed by atoms with Crippen molar-refractivity contribution in [1.29, 1.82) is 0 Å². The van der Waals surface area contributed by atoms with Crippen LogP contribution in [0.4, 0.5) is 4.79 Å². The van der Waals surface area contributed by atoms with Crippen molar-refractivity contribution >= 4 is 17.8 Å². The van der Waals surface area contributed by atoms with Crippen LogP contribution in [0.2, 0.25) is 0 Å². The fourth-order valence-electron chi connectivity index (χ4n) is 2.24. The van der Waals surface area contributed by atoms with E-state index in [-0.39, 0.29) is 12.1 Å². The number of carbonyl (C=O) groups excluding carboxylic acids is 1. The number of amides is 2. The molecule has 0 aliphatic carbocycles. The van der Waals surface area contributed by atoms with Gasteiger partial charge in [0.25, 0.3) is 0 Å². The predicted molar refractivity (Wildman–Crippen MR) is 104 cm³/mol. The Morgan fingerprint density at radius 3 is 2.52 bits per heavy atom. The Hall–Kier alpha value is -2.14. The van der Waals surface area contributed by atoms with Crippen molar-refractivity contribution in [3.05, 3.63) is 60.2 Å². The molecule has 0 aromatic heterocycles. The smallest absolute Gasteiger partial charge is 0.315 e. The number of carbonyl (C=O) groups is 1. The quantitative estimate of drug-likeness (QED) is 0.514. The van der Waals surface area contributed by atoms with Gasteiger partial charge in [-0.15, -0.1) is 11.8 Å². The molecule has 2 aromatic carbocycles. The van der Waals surface area contributed by atoms with Crippen molar-refractivity contribution in [2.45, 2.75) is 37.8 Å². The Kier molecular flexibility index (Phi) is 8.19. The molecule has 0 bridgehead atoms. The van der Waals surface area contributed by atoms with Gasteiger partial charge in [0.1, 0.15) is 5.75 Å². The molecule has 0 aliphatic rings. The molecule has 0 spiro atoms. The Morgan fingerprint density at radius 2 is 1.76 bits per heavy atom. The Bertz CT molecular complexity index is 647. The minimum absolute atomic E-state index is 0.108. The summed E-state index contributed by atoms with van der Waals surface area (Å²) in [5, 5.41) is 5.78. The fraction of sp³-hybridized carbons (Fsp3) is 0.350. The molecule has 2 amide bonds. The van der Waals surface area contributed by atoms with E-state index in [2.05, 4.69) is 22.8 Å². The van der Waals surface area contributed by atoms with E-state index < -0.39 is 0 Å². The van der Waals surface area contributed by atoms with Crippen molar-refractivity contribution in [1.82, 2.24) is 10.6 Å². The first kappa shape index (κ1) is 19.2. The van der Waals surface area contributed by atoms with Gasteiger partial charge < -0.3 is 15.4 Å². The van der Waals surface area contributed by atoms with Crippen LogP contribution < -0.4 is 15.4 Å². The van der Waals surface area contributed by atoms with Crippen molar-refractivity contribution in [3.63, 3.8) is 0 Å². The average molecular weight is 359 g/mol. The van der Waals surface area contributed by atoms with Gasteiger partial charge in [0.15, 0.2) is 0 Å². The SMILES string of the molecule is CC(C)Oc1ccccc1CNC(=O)NCCCSc1ccccc1. The molecular formula is C20H26N2O2S. The summed E-state index contributed by atoms with van der Waals surface area (Å²) in [5.74, 6) is 1.80. The van der Waals surface area contributed by atoms with Crippen LogP contribution in [-0.2, 0) is 6.54 Å². The third-order valence-electron chi connectivity index (χ3n) is 3.39. The molecule has 4 nitrogen and oxygen atoms in total. The number of hydrogen-bond donors (Lipinski definition) is 2. The fourth-order valence-corrected chi connectivity index (χ4v) is 3.11. The summed E-state index contributed by atoms with van der Waals surface area (Å²) in [5.41, 5.74) is 0.978. The van der Waals surface area contributed by atoms with Crippen LogP contribution >= 0.6 is 11.8 Å². The van der Waals surface area contributed by atoms with Crippen molar-refractivity contribution in [2.75, 3.05) is 12.3 Å². The second-order valence-corrected chi connectivity index (χ2v) is 7.07. The van der Waals surface area contributed by atoms with Crippen LogP contribution in [-0.4, -0.2) is 24.4 Å². The molecule has 0 atom stereocenters. The summed E-state index contributed by atoms with van der Waals surface area (Å²) < 4.78 is 5.76. The van der Waals surface area contributed by atoms with Gasteiger partial charge in [-0.2, -0.15) is 0 Å². The lowest BCUT2D eigenvalue weighted by molar-refractivity contribution is 0.236. The van der Waals surface area contributed by atoms with E-state index in [4.69, 9.17) is 4.74 Å². The zero-order valence-electron chi connectivity index (χ0n) is 14.8. The van der Waals surface area contributed by atoms with E-state index in [1.807, 2.05) is 56.3 Å². The summed E-state index contributed by atoms with van der Waals surface area (Å²) in [6, 6.07) is 17.9. The number of rotatable bonds is 9. The molecule has 0 saturated heterocycles. The first-order chi connectivity index (χ1) is 12.1. The first-order valence-corrected chi connectivity index (χ1v) is 9.58. The lowest BCUT2D eigenvalue weighted by Crippen LogP contribution is -2.35. The molecule has 134 valence electrons. The van der Waals surface area contributed by atoms with E-state index in [0.29, 0.717) is 13.1 Å². The van der Waals surface area contributed by atoms with Crippen LogP contribution in [0.15, 0.2) is 59.5 Å². The van der Waals surface area contributed by atoms with Gasteiger partial charge in [0, 0.05) is 23.5 Å². The van der Waals surface area contributed by atoms with Gasteiger partial charge in [0.05, 0.1) is 6.10 Å². The lowest BCUT2D eigenvalue weighted by Gasteiger charge is -2.14. The monoisotopic (exact) mass is 358 g/mol. The number of para-hydroxylation sites is 1. The zero-order chi connectivity index (χ0) is 17.9. The van der Waals surface area contributed by atoms with E-state index >= 15 is 0 Å². The highest BCUT2D eigenvalue weighted by molar-refractivity contribution is 7.99. The standard InChI is InChI=1S/C20H26N2O2S/c1-16(2)24-19-12-7-6-9-17(19)15-22-20(23)21-13-8-14-25-18-10-4-3-5-11-18/h3-7,9-12,16H,8,13-15H2,1-2H3,(H2,21,22,23). The maximum atomic E-state index is 11.9. The van der Waals surface area contributed by atoms with Gasteiger partial charge in [-0.25, -0.2) is 4.79 Å². The largest absolute Gasteiger partial charge is 0.491 e. The van der Waals surface area contributed by atoms with Crippen LogP contribution in [0.25, 0.3) is 0 Å². The highest BCUT2D eigenvalue weighted by atomic mass is 32.2. The van der Waals surface area contributed by atoms with Crippen molar-refractivity contribution in [2.24, 2.45) is 0 Å². The van der Waals surface area contributed by atoms with Crippen LogP contribution in [0, 0.1) is 0 Å².